The van der Waals surface area contributed by atoms with Crippen LogP contribution in [0.1, 0.15) is 58.3 Å². The van der Waals surface area contributed by atoms with E-state index in [0.29, 0.717) is 5.54 Å². The summed E-state index contributed by atoms with van der Waals surface area (Å²) in [5, 5.41) is 0. The van der Waals surface area contributed by atoms with Gasteiger partial charge in [-0.2, -0.15) is 0 Å². The molecule has 0 aromatic carbocycles. The second kappa shape index (κ2) is 4.55. The van der Waals surface area contributed by atoms with Crippen molar-refractivity contribution in [2.45, 2.75) is 69.9 Å². The SMILES string of the molecule is CC(CN)(C1CC1)N1CCC[C@H]2CCCC[C@H]21. The lowest BCUT2D eigenvalue weighted by molar-refractivity contribution is -0.0277. The van der Waals surface area contributed by atoms with Crippen molar-refractivity contribution < 1.29 is 0 Å². The largest absolute Gasteiger partial charge is 0.329 e. The first-order valence-corrected chi connectivity index (χ1v) is 7.72. The van der Waals surface area contributed by atoms with Crippen molar-refractivity contribution in [1.29, 1.82) is 0 Å². The molecule has 1 saturated heterocycles. The maximum Gasteiger partial charge on any atom is 0.0334 e. The highest BCUT2D eigenvalue weighted by Gasteiger charge is 2.49. The van der Waals surface area contributed by atoms with E-state index in [9.17, 15) is 0 Å². The fourth-order valence-corrected chi connectivity index (χ4v) is 4.48. The van der Waals surface area contributed by atoms with Crippen LogP contribution >= 0.6 is 0 Å². The standard InChI is InChI=1S/C15H28N2/c1-15(11-16,13-8-9-13)17-10-4-6-12-5-2-3-7-14(12)17/h12-14H,2-11,16H2,1H3/t12-,14-,15?/m1/s1. The molecule has 2 aliphatic carbocycles. The third-order valence-corrected chi connectivity index (χ3v) is 5.77. The van der Waals surface area contributed by atoms with E-state index in [4.69, 9.17) is 5.73 Å². The molecule has 2 N–H and O–H groups in total. The van der Waals surface area contributed by atoms with E-state index in [-0.39, 0.29) is 0 Å². The molecule has 3 aliphatic rings. The van der Waals surface area contributed by atoms with Crippen LogP contribution < -0.4 is 5.73 Å². The molecule has 3 atom stereocenters. The average molecular weight is 236 g/mol. The van der Waals surface area contributed by atoms with Crippen LogP contribution in [0.25, 0.3) is 0 Å². The summed E-state index contributed by atoms with van der Waals surface area (Å²) in [6.07, 6.45) is 11.6. The normalized spacial score (nSPS) is 38.5. The molecule has 0 spiro atoms. The van der Waals surface area contributed by atoms with Gasteiger partial charge < -0.3 is 5.73 Å². The second-order valence-corrected chi connectivity index (χ2v) is 6.78. The van der Waals surface area contributed by atoms with Crippen molar-refractivity contribution in [2.24, 2.45) is 17.6 Å². The summed E-state index contributed by atoms with van der Waals surface area (Å²) < 4.78 is 0. The zero-order chi connectivity index (χ0) is 11.9. The first-order chi connectivity index (χ1) is 8.25. The average Bonchev–Trinajstić information content (AvgIpc) is 3.22. The van der Waals surface area contributed by atoms with E-state index in [2.05, 4.69) is 11.8 Å². The molecule has 3 rings (SSSR count). The maximum absolute atomic E-state index is 6.16. The highest BCUT2D eigenvalue weighted by molar-refractivity contribution is 5.04. The Kier molecular flexibility index (Phi) is 3.20. The van der Waals surface area contributed by atoms with E-state index in [1.807, 2.05) is 0 Å². The van der Waals surface area contributed by atoms with Gasteiger partial charge in [-0.1, -0.05) is 12.8 Å². The predicted molar refractivity (Wildman–Crippen MR) is 71.9 cm³/mol. The summed E-state index contributed by atoms with van der Waals surface area (Å²) in [5.74, 6) is 1.88. The lowest BCUT2D eigenvalue weighted by atomic mass is 9.75. The predicted octanol–water partition coefficient (Wildman–Crippen LogP) is 2.77. The van der Waals surface area contributed by atoms with Crippen LogP contribution in [0.2, 0.25) is 0 Å². The first-order valence-electron chi connectivity index (χ1n) is 7.72. The number of nitrogens with two attached hydrogens (primary N) is 1. The van der Waals surface area contributed by atoms with Gasteiger partial charge in [-0.15, -0.1) is 0 Å². The Labute approximate surface area is 106 Å². The minimum Gasteiger partial charge on any atom is -0.329 e. The molecular weight excluding hydrogens is 208 g/mol. The molecule has 1 heterocycles. The highest BCUT2D eigenvalue weighted by Crippen LogP contribution is 2.47. The summed E-state index contributed by atoms with van der Waals surface area (Å²) >= 11 is 0. The molecule has 0 aromatic rings. The Morgan fingerprint density at radius 2 is 1.76 bits per heavy atom. The van der Waals surface area contributed by atoms with Gasteiger partial charge in [0.25, 0.3) is 0 Å². The van der Waals surface area contributed by atoms with E-state index in [1.54, 1.807) is 0 Å². The molecule has 2 saturated carbocycles. The van der Waals surface area contributed by atoms with E-state index in [1.165, 1.54) is 57.9 Å². The Hall–Kier alpha value is -0.0800. The second-order valence-electron chi connectivity index (χ2n) is 6.78. The van der Waals surface area contributed by atoms with Crippen molar-refractivity contribution in [3.8, 4) is 0 Å². The van der Waals surface area contributed by atoms with Gasteiger partial charge in [0.15, 0.2) is 0 Å². The van der Waals surface area contributed by atoms with E-state index in [0.717, 1.165) is 24.4 Å². The zero-order valence-corrected chi connectivity index (χ0v) is 11.3. The molecule has 0 radical (unpaired) electrons. The molecule has 0 aromatic heterocycles. The first kappa shape index (κ1) is 12.0. The summed E-state index contributed by atoms with van der Waals surface area (Å²) in [4.78, 5) is 2.85. The van der Waals surface area contributed by atoms with Crippen LogP contribution in [-0.2, 0) is 0 Å². The van der Waals surface area contributed by atoms with Gasteiger partial charge in [0.1, 0.15) is 0 Å². The molecule has 2 heteroatoms. The summed E-state index contributed by atoms with van der Waals surface area (Å²) in [6, 6.07) is 0.867. The molecule has 0 amide bonds. The van der Waals surface area contributed by atoms with Crippen LogP contribution in [0, 0.1) is 11.8 Å². The third-order valence-electron chi connectivity index (χ3n) is 5.77. The highest BCUT2D eigenvalue weighted by atomic mass is 15.3. The molecule has 1 aliphatic heterocycles. The molecule has 98 valence electrons. The lowest BCUT2D eigenvalue weighted by Gasteiger charge is -2.53. The maximum atomic E-state index is 6.16. The van der Waals surface area contributed by atoms with E-state index < -0.39 is 0 Å². The van der Waals surface area contributed by atoms with Crippen LogP contribution in [0.4, 0.5) is 0 Å². The Morgan fingerprint density at radius 1 is 1.06 bits per heavy atom. The molecule has 1 unspecified atom stereocenters. The van der Waals surface area contributed by atoms with Crippen LogP contribution in [0.15, 0.2) is 0 Å². The van der Waals surface area contributed by atoms with Crippen LogP contribution in [0.5, 0.6) is 0 Å². The third kappa shape index (κ3) is 2.04. The summed E-state index contributed by atoms with van der Waals surface area (Å²) in [5.41, 5.74) is 6.48. The Bertz CT molecular complexity index is 272. The molecule has 0 bridgehead atoms. The summed E-state index contributed by atoms with van der Waals surface area (Å²) in [7, 11) is 0. The minimum absolute atomic E-state index is 0.320. The van der Waals surface area contributed by atoms with Crippen molar-refractivity contribution in [2.75, 3.05) is 13.1 Å². The van der Waals surface area contributed by atoms with Crippen LogP contribution in [-0.4, -0.2) is 29.6 Å². The monoisotopic (exact) mass is 236 g/mol. The molecule has 3 fully saturated rings. The number of fused-ring (bicyclic) bond motifs is 1. The van der Waals surface area contributed by atoms with E-state index >= 15 is 0 Å². The molecule has 17 heavy (non-hydrogen) atoms. The number of hydrogen-bond acceptors (Lipinski definition) is 2. The zero-order valence-electron chi connectivity index (χ0n) is 11.3. The fraction of sp³-hybridized carbons (Fsp3) is 1.00. The quantitative estimate of drug-likeness (QED) is 0.816. The topological polar surface area (TPSA) is 29.3 Å². The Balaban J connectivity index is 1.79. The number of rotatable bonds is 3. The van der Waals surface area contributed by atoms with Crippen molar-refractivity contribution >= 4 is 0 Å². The Morgan fingerprint density at radius 3 is 2.47 bits per heavy atom. The van der Waals surface area contributed by atoms with Gasteiger partial charge in [-0.05, 0) is 63.8 Å². The van der Waals surface area contributed by atoms with Gasteiger partial charge in [-0.25, -0.2) is 0 Å². The van der Waals surface area contributed by atoms with Gasteiger partial charge in [-0.3, -0.25) is 4.90 Å². The smallest absolute Gasteiger partial charge is 0.0334 e. The fourth-order valence-electron chi connectivity index (χ4n) is 4.48. The van der Waals surface area contributed by atoms with Gasteiger partial charge >= 0.3 is 0 Å². The van der Waals surface area contributed by atoms with Gasteiger partial charge in [0.2, 0.25) is 0 Å². The number of nitrogens with zero attached hydrogens (tertiary/aromatic N) is 1. The molecule has 2 nitrogen and oxygen atoms in total. The molecular formula is C15H28N2. The lowest BCUT2D eigenvalue weighted by Crippen LogP contribution is -2.61. The number of piperidine rings is 1. The van der Waals surface area contributed by atoms with Crippen molar-refractivity contribution in [1.82, 2.24) is 4.90 Å². The number of likely N-dealkylation sites (tertiary alicyclic amines) is 1. The van der Waals surface area contributed by atoms with Gasteiger partial charge in [0, 0.05) is 18.1 Å². The number of hydrogen-bond donors (Lipinski definition) is 1. The summed E-state index contributed by atoms with van der Waals surface area (Å²) in [6.45, 7) is 4.62. The van der Waals surface area contributed by atoms with Crippen molar-refractivity contribution in [3.63, 3.8) is 0 Å². The van der Waals surface area contributed by atoms with Gasteiger partial charge in [0.05, 0.1) is 0 Å². The van der Waals surface area contributed by atoms with Crippen molar-refractivity contribution in [3.05, 3.63) is 0 Å². The minimum atomic E-state index is 0.320. The van der Waals surface area contributed by atoms with Crippen LogP contribution in [0.3, 0.4) is 0 Å².